The Balaban J connectivity index is 1.79. The number of aromatic nitrogens is 1. The van der Waals surface area contributed by atoms with Crippen molar-refractivity contribution in [2.75, 3.05) is 5.32 Å². The molecule has 0 aliphatic carbocycles. The number of aromatic amines is 1. The molecule has 1 aliphatic heterocycles. The standard InChI is InChI=1S/C15H11N3O3/c16-7-11-5-10(8-17-11)15(20)21-12-3-1-9-2-4-14(19)18-13(9)6-12/h1,3,5-6,8,17H,2,4H2,(H,18,19). The van der Waals surface area contributed by atoms with Crippen molar-refractivity contribution in [2.24, 2.45) is 0 Å². The number of hydrogen-bond donors (Lipinski definition) is 2. The van der Waals surface area contributed by atoms with Crippen LogP contribution in [0.15, 0.2) is 30.5 Å². The number of hydrogen-bond acceptors (Lipinski definition) is 4. The van der Waals surface area contributed by atoms with Crippen molar-refractivity contribution in [3.8, 4) is 11.8 Å². The highest BCUT2D eigenvalue weighted by molar-refractivity contribution is 5.95. The molecule has 104 valence electrons. The van der Waals surface area contributed by atoms with Crippen LogP contribution in [-0.4, -0.2) is 16.9 Å². The van der Waals surface area contributed by atoms with Crippen molar-refractivity contribution in [3.05, 3.63) is 47.3 Å². The summed E-state index contributed by atoms with van der Waals surface area (Å²) in [7, 11) is 0. The van der Waals surface area contributed by atoms with E-state index in [1.54, 1.807) is 12.1 Å². The Morgan fingerprint density at radius 1 is 1.29 bits per heavy atom. The summed E-state index contributed by atoms with van der Waals surface area (Å²) in [5.41, 5.74) is 2.25. The molecule has 2 aromatic rings. The highest BCUT2D eigenvalue weighted by Gasteiger charge is 2.17. The molecule has 0 bridgehead atoms. The maximum Gasteiger partial charge on any atom is 0.345 e. The van der Waals surface area contributed by atoms with Crippen molar-refractivity contribution in [2.45, 2.75) is 12.8 Å². The number of nitriles is 1. The van der Waals surface area contributed by atoms with Crippen LogP contribution in [0.3, 0.4) is 0 Å². The zero-order valence-electron chi connectivity index (χ0n) is 11.0. The lowest BCUT2D eigenvalue weighted by Gasteiger charge is -2.17. The molecule has 0 radical (unpaired) electrons. The van der Waals surface area contributed by atoms with Crippen molar-refractivity contribution < 1.29 is 14.3 Å². The van der Waals surface area contributed by atoms with Gasteiger partial charge in [0.25, 0.3) is 0 Å². The number of amides is 1. The fourth-order valence-electron chi connectivity index (χ4n) is 2.16. The fourth-order valence-corrected chi connectivity index (χ4v) is 2.16. The van der Waals surface area contributed by atoms with Crippen LogP contribution in [0, 0.1) is 11.3 Å². The SMILES string of the molecule is N#Cc1cc(C(=O)Oc2ccc3c(c2)NC(=O)CC3)c[nH]1. The van der Waals surface area contributed by atoms with E-state index < -0.39 is 5.97 Å². The third-order valence-corrected chi connectivity index (χ3v) is 3.23. The summed E-state index contributed by atoms with van der Waals surface area (Å²) in [6.07, 6.45) is 2.56. The molecule has 6 heteroatoms. The molecular formula is C15H11N3O3. The molecular weight excluding hydrogens is 270 g/mol. The molecule has 1 aliphatic rings. The normalized spacial score (nSPS) is 13.0. The number of rotatable bonds is 2. The summed E-state index contributed by atoms with van der Waals surface area (Å²) < 4.78 is 5.24. The van der Waals surface area contributed by atoms with Crippen LogP contribution in [0.25, 0.3) is 0 Å². The second-order valence-electron chi connectivity index (χ2n) is 4.67. The number of carbonyl (C=O) groups excluding carboxylic acids is 2. The molecule has 3 rings (SSSR count). The Morgan fingerprint density at radius 3 is 2.90 bits per heavy atom. The molecule has 0 saturated heterocycles. The van der Waals surface area contributed by atoms with Gasteiger partial charge in [0.2, 0.25) is 5.91 Å². The maximum absolute atomic E-state index is 11.9. The quantitative estimate of drug-likeness (QED) is 0.650. The molecule has 0 unspecified atom stereocenters. The van der Waals surface area contributed by atoms with E-state index in [0.717, 1.165) is 5.56 Å². The van der Waals surface area contributed by atoms with Gasteiger partial charge in [0.05, 0.1) is 5.56 Å². The number of benzene rings is 1. The zero-order valence-corrected chi connectivity index (χ0v) is 11.0. The molecule has 1 aromatic heterocycles. The van der Waals surface area contributed by atoms with Gasteiger partial charge in [-0.15, -0.1) is 0 Å². The Bertz CT molecular complexity index is 771. The van der Waals surface area contributed by atoms with Crippen LogP contribution in [0.5, 0.6) is 5.75 Å². The van der Waals surface area contributed by atoms with Gasteiger partial charge in [-0.2, -0.15) is 5.26 Å². The first-order chi connectivity index (χ1) is 10.2. The molecule has 21 heavy (non-hydrogen) atoms. The summed E-state index contributed by atoms with van der Waals surface area (Å²) in [5.74, 6) is -0.259. The van der Waals surface area contributed by atoms with Crippen molar-refractivity contribution in [1.29, 1.82) is 5.26 Å². The highest BCUT2D eigenvalue weighted by atomic mass is 16.5. The monoisotopic (exact) mass is 281 g/mol. The first kappa shape index (κ1) is 12.9. The topological polar surface area (TPSA) is 95.0 Å². The van der Waals surface area contributed by atoms with Gasteiger partial charge in [-0.1, -0.05) is 6.07 Å². The lowest BCUT2D eigenvalue weighted by atomic mass is 10.0. The minimum absolute atomic E-state index is 0.0460. The van der Waals surface area contributed by atoms with E-state index in [1.165, 1.54) is 12.3 Å². The van der Waals surface area contributed by atoms with E-state index in [2.05, 4.69) is 10.3 Å². The van der Waals surface area contributed by atoms with Gasteiger partial charge in [-0.3, -0.25) is 4.79 Å². The number of H-pyrrole nitrogens is 1. The second kappa shape index (κ2) is 5.13. The van der Waals surface area contributed by atoms with E-state index in [0.29, 0.717) is 30.0 Å². The van der Waals surface area contributed by atoms with Crippen LogP contribution in [-0.2, 0) is 11.2 Å². The molecule has 2 N–H and O–H groups in total. The summed E-state index contributed by atoms with van der Waals surface area (Å²) in [4.78, 5) is 26.0. The predicted octanol–water partition coefficient (Wildman–Crippen LogP) is 1.99. The van der Waals surface area contributed by atoms with E-state index in [9.17, 15) is 9.59 Å². The summed E-state index contributed by atoms with van der Waals surface area (Å²) >= 11 is 0. The van der Waals surface area contributed by atoms with Crippen LogP contribution in [0.1, 0.15) is 28.0 Å². The highest BCUT2D eigenvalue weighted by Crippen LogP contribution is 2.27. The van der Waals surface area contributed by atoms with E-state index >= 15 is 0 Å². The van der Waals surface area contributed by atoms with Crippen molar-refractivity contribution in [1.82, 2.24) is 4.98 Å². The smallest absolute Gasteiger partial charge is 0.345 e. The first-order valence-electron chi connectivity index (χ1n) is 6.39. The van der Waals surface area contributed by atoms with Crippen molar-refractivity contribution in [3.63, 3.8) is 0 Å². The number of anilines is 1. The Hall–Kier alpha value is -3.07. The third-order valence-electron chi connectivity index (χ3n) is 3.23. The van der Waals surface area contributed by atoms with Crippen LogP contribution in [0.4, 0.5) is 5.69 Å². The van der Waals surface area contributed by atoms with Gasteiger partial charge in [0, 0.05) is 24.4 Å². The number of nitrogens with zero attached hydrogens (tertiary/aromatic N) is 1. The molecule has 0 saturated carbocycles. The number of ether oxygens (including phenoxy) is 1. The molecule has 0 spiro atoms. The Labute approximate surface area is 120 Å². The van der Waals surface area contributed by atoms with Gasteiger partial charge in [0.1, 0.15) is 17.5 Å². The lowest BCUT2D eigenvalue weighted by Crippen LogP contribution is -2.19. The van der Waals surface area contributed by atoms with Gasteiger partial charge in [-0.05, 0) is 24.1 Å². The second-order valence-corrected chi connectivity index (χ2v) is 4.67. The van der Waals surface area contributed by atoms with Gasteiger partial charge < -0.3 is 15.0 Å². The Morgan fingerprint density at radius 2 is 2.14 bits per heavy atom. The number of esters is 1. The minimum Gasteiger partial charge on any atom is -0.423 e. The molecule has 6 nitrogen and oxygen atoms in total. The molecule has 1 amide bonds. The predicted molar refractivity (Wildman–Crippen MR) is 73.9 cm³/mol. The summed E-state index contributed by atoms with van der Waals surface area (Å²) in [6, 6.07) is 8.46. The van der Waals surface area contributed by atoms with Gasteiger partial charge in [-0.25, -0.2) is 4.79 Å². The molecule has 2 heterocycles. The van der Waals surface area contributed by atoms with E-state index in [-0.39, 0.29) is 11.5 Å². The number of aryl methyl sites for hydroxylation is 1. The minimum atomic E-state index is -0.560. The first-order valence-corrected chi connectivity index (χ1v) is 6.39. The average molecular weight is 281 g/mol. The number of nitrogens with one attached hydrogen (secondary N) is 2. The molecule has 0 fully saturated rings. The lowest BCUT2D eigenvalue weighted by molar-refractivity contribution is -0.116. The summed E-state index contributed by atoms with van der Waals surface area (Å²) in [6.45, 7) is 0. The zero-order chi connectivity index (χ0) is 14.8. The van der Waals surface area contributed by atoms with Gasteiger partial charge in [0.15, 0.2) is 0 Å². The van der Waals surface area contributed by atoms with E-state index in [4.69, 9.17) is 10.00 Å². The summed E-state index contributed by atoms with van der Waals surface area (Å²) in [5, 5.41) is 11.5. The Kier molecular flexibility index (Phi) is 3.16. The van der Waals surface area contributed by atoms with Crippen LogP contribution in [0.2, 0.25) is 0 Å². The van der Waals surface area contributed by atoms with Gasteiger partial charge >= 0.3 is 5.97 Å². The van der Waals surface area contributed by atoms with Crippen molar-refractivity contribution >= 4 is 17.6 Å². The molecule has 1 aromatic carbocycles. The average Bonchev–Trinajstić information content (AvgIpc) is 2.96. The van der Waals surface area contributed by atoms with Crippen LogP contribution < -0.4 is 10.1 Å². The largest absolute Gasteiger partial charge is 0.423 e. The fraction of sp³-hybridized carbons (Fsp3) is 0.133. The number of carbonyl (C=O) groups is 2. The maximum atomic E-state index is 11.9. The van der Waals surface area contributed by atoms with E-state index in [1.807, 2.05) is 12.1 Å². The number of fused-ring (bicyclic) bond motifs is 1. The van der Waals surface area contributed by atoms with Crippen LogP contribution >= 0.6 is 0 Å². The third kappa shape index (κ3) is 2.62. The molecule has 0 atom stereocenters.